The van der Waals surface area contributed by atoms with Crippen LogP contribution in [-0.2, 0) is 4.79 Å². The second-order valence-electron chi connectivity index (χ2n) is 3.67. The first kappa shape index (κ1) is 7.73. The lowest BCUT2D eigenvalue weighted by atomic mass is 10.00. The van der Waals surface area contributed by atoms with Gasteiger partial charge in [-0.05, 0) is 20.4 Å². The maximum atomic E-state index is 11.5. The normalized spacial score (nSPS) is 35.8. The number of likely N-dealkylation sites (tertiary alicyclic amines) is 1. The number of nitrogens with one attached hydrogen (secondary N) is 1. The van der Waals surface area contributed by atoms with Gasteiger partial charge in [0.25, 0.3) is 5.91 Å². The molecule has 0 aromatic carbocycles. The third-order valence-corrected chi connectivity index (χ3v) is 2.54. The molecule has 4 heteroatoms. The molecule has 2 aliphatic rings. The Labute approximate surface area is 71.6 Å². The van der Waals surface area contributed by atoms with Crippen LogP contribution in [0.15, 0.2) is 4.99 Å². The van der Waals surface area contributed by atoms with Gasteiger partial charge in [-0.3, -0.25) is 9.79 Å². The van der Waals surface area contributed by atoms with Crippen LogP contribution in [0.2, 0.25) is 0 Å². The Morgan fingerprint density at radius 2 is 2.42 bits per heavy atom. The van der Waals surface area contributed by atoms with Crippen LogP contribution >= 0.6 is 0 Å². The maximum absolute atomic E-state index is 11.5. The van der Waals surface area contributed by atoms with Crippen LogP contribution in [0.4, 0.5) is 0 Å². The highest BCUT2D eigenvalue weighted by Crippen LogP contribution is 2.27. The van der Waals surface area contributed by atoms with Gasteiger partial charge in [-0.2, -0.15) is 0 Å². The lowest BCUT2D eigenvalue weighted by Gasteiger charge is -2.15. The van der Waals surface area contributed by atoms with E-state index in [9.17, 15) is 4.79 Å². The van der Waals surface area contributed by atoms with Gasteiger partial charge >= 0.3 is 0 Å². The molecule has 1 atom stereocenters. The molecule has 0 radical (unpaired) electrons. The Morgan fingerprint density at radius 1 is 1.67 bits per heavy atom. The fraction of sp³-hybridized carbons (Fsp3) is 0.750. The molecule has 1 amide bonds. The summed E-state index contributed by atoms with van der Waals surface area (Å²) in [6.45, 7) is 3.56. The van der Waals surface area contributed by atoms with Crippen LogP contribution in [-0.4, -0.2) is 42.3 Å². The number of nitrogens with zero attached hydrogens (tertiary/aromatic N) is 2. The standard InChI is InChI=1S/C8H13N3O/c1-6-9-7(12)8(10-6)3-4-11(2)5-8/h3-5H2,1-2H3,(H,9,10,12). The van der Waals surface area contributed by atoms with Gasteiger partial charge in [-0.25, -0.2) is 0 Å². The first-order valence-corrected chi connectivity index (χ1v) is 4.19. The molecule has 0 aromatic rings. The Kier molecular flexibility index (Phi) is 1.48. The number of rotatable bonds is 0. The third kappa shape index (κ3) is 0.948. The summed E-state index contributed by atoms with van der Waals surface area (Å²) in [4.78, 5) is 18.0. The number of amides is 1. The summed E-state index contributed by atoms with van der Waals surface area (Å²) in [5.41, 5.74) is -0.446. The van der Waals surface area contributed by atoms with Crippen molar-refractivity contribution in [3.05, 3.63) is 0 Å². The van der Waals surface area contributed by atoms with Gasteiger partial charge in [-0.1, -0.05) is 0 Å². The number of hydrogen-bond acceptors (Lipinski definition) is 3. The zero-order valence-corrected chi connectivity index (χ0v) is 7.42. The molecule has 1 saturated heterocycles. The molecule has 0 aliphatic carbocycles. The zero-order valence-electron chi connectivity index (χ0n) is 7.42. The van der Waals surface area contributed by atoms with Crippen LogP contribution in [0.1, 0.15) is 13.3 Å². The largest absolute Gasteiger partial charge is 0.313 e. The molecule has 0 aromatic heterocycles. The SMILES string of the molecule is CC1=NC2(CCN(C)C2)C(=O)N1. The number of amidine groups is 1. The predicted octanol–water partition coefficient (Wildman–Crippen LogP) is -0.391. The molecule has 2 rings (SSSR count). The van der Waals surface area contributed by atoms with Crippen molar-refractivity contribution >= 4 is 11.7 Å². The van der Waals surface area contributed by atoms with E-state index in [1.807, 2.05) is 14.0 Å². The van der Waals surface area contributed by atoms with E-state index in [0.29, 0.717) is 0 Å². The molecule has 4 nitrogen and oxygen atoms in total. The fourth-order valence-corrected chi connectivity index (χ4v) is 1.94. The molecular weight excluding hydrogens is 154 g/mol. The van der Waals surface area contributed by atoms with E-state index < -0.39 is 5.54 Å². The monoisotopic (exact) mass is 167 g/mol. The number of likely N-dealkylation sites (N-methyl/N-ethyl adjacent to an activating group) is 1. The summed E-state index contributed by atoms with van der Waals surface area (Å²) >= 11 is 0. The third-order valence-electron chi connectivity index (χ3n) is 2.54. The second kappa shape index (κ2) is 2.29. The molecule has 1 fully saturated rings. The van der Waals surface area contributed by atoms with Crippen molar-refractivity contribution in [1.29, 1.82) is 0 Å². The van der Waals surface area contributed by atoms with Gasteiger partial charge in [0.2, 0.25) is 0 Å². The average molecular weight is 167 g/mol. The van der Waals surface area contributed by atoms with Gasteiger partial charge in [0.05, 0.1) is 0 Å². The van der Waals surface area contributed by atoms with Crippen LogP contribution < -0.4 is 5.32 Å². The number of carbonyl (C=O) groups excluding carboxylic acids is 1. The van der Waals surface area contributed by atoms with Gasteiger partial charge in [0, 0.05) is 13.1 Å². The van der Waals surface area contributed by atoms with Crippen LogP contribution in [0.5, 0.6) is 0 Å². The Hall–Kier alpha value is -0.900. The minimum Gasteiger partial charge on any atom is -0.313 e. The van der Waals surface area contributed by atoms with Crippen molar-refractivity contribution in [1.82, 2.24) is 10.2 Å². The first-order chi connectivity index (χ1) is 5.62. The van der Waals surface area contributed by atoms with Gasteiger partial charge in [0.15, 0.2) is 5.54 Å². The van der Waals surface area contributed by atoms with Crippen molar-refractivity contribution in [2.24, 2.45) is 4.99 Å². The molecule has 0 bridgehead atoms. The van der Waals surface area contributed by atoms with E-state index in [-0.39, 0.29) is 5.91 Å². The minimum atomic E-state index is -0.446. The van der Waals surface area contributed by atoms with Crippen molar-refractivity contribution in [2.75, 3.05) is 20.1 Å². The van der Waals surface area contributed by atoms with Gasteiger partial charge in [0.1, 0.15) is 5.84 Å². The van der Waals surface area contributed by atoms with Crippen LogP contribution in [0.3, 0.4) is 0 Å². The van der Waals surface area contributed by atoms with E-state index in [1.165, 1.54) is 0 Å². The number of aliphatic imine (C=N–C) groups is 1. The molecule has 0 saturated carbocycles. The predicted molar refractivity (Wildman–Crippen MR) is 46.1 cm³/mol. The van der Waals surface area contributed by atoms with E-state index >= 15 is 0 Å². The lowest BCUT2D eigenvalue weighted by molar-refractivity contribution is -0.123. The van der Waals surface area contributed by atoms with Crippen LogP contribution in [0.25, 0.3) is 0 Å². The minimum absolute atomic E-state index is 0.0735. The lowest BCUT2D eigenvalue weighted by Crippen LogP contribution is -2.41. The highest BCUT2D eigenvalue weighted by molar-refractivity contribution is 6.07. The molecule has 1 spiro atoms. The van der Waals surface area contributed by atoms with Crippen molar-refractivity contribution < 1.29 is 4.79 Å². The summed E-state index contributed by atoms with van der Waals surface area (Å²) in [5.74, 6) is 0.833. The summed E-state index contributed by atoms with van der Waals surface area (Å²) in [6.07, 6.45) is 0.854. The second-order valence-corrected chi connectivity index (χ2v) is 3.67. The Morgan fingerprint density at radius 3 is 2.83 bits per heavy atom. The first-order valence-electron chi connectivity index (χ1n) is 4.19. The topological polar surface area (TPSA) is 44.7 Å². The molecule has 1 unspecified atom stereocenters. The molecule has 2 heterocycles. The van der Waals surface area contributed by atoms with E-state index in [1.54, 1.807) is 0 Å². The maximum Gasteiger partial charge on any atom is 0.254 e. The van der Waals surface area contributed by atoms with Gasteiger partial charge < -0.3 is 10.2 Å². The van der Waals surface area contributed by atoms with Crippen molar-refractivity contribution in [2.45, 2.75) is 18.9 Å². The van der Waals surface area contributed by atoms with E-state index in [0.717, 1.165) is 25.3 Å². The fourth-order valence-electron chi connectivity index (χ4n) is 1.94. The molecular formula is C8H13N3O. The van der Waals surface area contributed by atoms with E-state index in [2.05, 4.69) is 15.2 Å². The highest BCUT2D eigenvalue weighted by atomic mass is 16.2. The Bertz CT molecular complexity index is 261. The van der Waals surface area contributed by atoms with Gasteiger partial charge in [-0.15, -0.1) is 0 Å². The van der Waals surface area contributed by atoms with Crippen molar-refractivity contribution in [3.8, 4) is 0 Å². The van der Waals surface area contributed by atoms with Crippen LogP contribution in [0, 0.1) is 0 Å². The van der Waals surface area contributed by atoms with Crippen molar-refractivity contribution in [3.63, 3.8) is 0 Å². The highest BCUT2D eigenvalue weighted by Gasteiger charge is 2.46. The van der Waals surface area contributed by atoms with E-state index in [4.69, 9.17) is 0 Å². The molecule has 66 valence electrons. The average Bonchev–Trinajstić information content (AvgIpc) is 2.43. The quantitative estimate of drug-likeness (QED) is 0.534. The Balaban J connectivity index is 2.27. The summed E-state index contributed by atoms with van der Waals surface area (Å²) in [5, 5.41) is 2.75. The molecule has 2 aliphatic heterocycles. The number of carbonyl (C=O) groups is 1. The summed E-state index contributed by atoms with van der Waals surface area (Å²) in [7, 11) is 2.02. The summed E-state index contributed by atoms with van der Waals surface area (Å²) in [6, 6.07) is 0. The smallest absolute Gasteiger partial charge is 0.254 e. The summed E-state index contributed by atoms with van der Waals surface area (Å²) < 4.78 is 0. The zero-order chi connectivity index (χ0) is 8.77. The molecule has 1 N–H and O–H groups in total. The number of hydrogen-bond donors (Lipinski definition) is 1. The molecule has 12 heavy (non-hydrogen) atoms.